The van der Waals surface area contributed by atoms with Gasteiger partial charge < -0.3 is 15.2 Å². The summed E-state index contributed by atoms with van der Waals surface area (Å²) in [7, 11) is 1.35. The molecule has 0 atom stereocenters. The highest BCUT2D eigenvalue weighted by molar-refractivity contribution is 9.10. The topological polar surface area (TPSA) is 108 Å². The summed E-state index contributed by atoms with van der Waals surface area (Å²) in [6, 6.07) is 2.07. The number of nitrogens with zero attached hydrogens (tertiary/aromatic N) is 1. The standard InChI is InChI=1S/C16H18BrN3O5/c1-25-11-8-9(7-10(17)12(11)21)13(22)19-20-14(23)16(18-15(20)24)5-3-2-4-6-16/h7-8,21H,2-6H2,1H3,(H,18,24)(H,19,22). The Hall–Kier alpha value is -2.29. The van der Waals surface area contributed by atoms with Gasteiger partial charge in [0.25, 0.3) is 11.8 Å². The van der Waals surface area contributed by atoms with Gasteiger partial charge in [0.1, 0.15) is 5.54 Å². The number of methoxy groups -OCH3 is 1. The van der Waals surface area contributed by atoms with Crippen molar-refractivity contribution in [1.29, 1.82) is 0 Å². The number of hydrogen-bond donors (Lipinski definition) is 3. The Bertz CT molecular complexity index is 746. The second kappa shape index (κ2) is 6.55. The van der Waals surface area contributed by atoms with Crippen LogP contribution >= 0.6 is 15.9 Å². The van der Waals surface area contributed by atoms with Gasteiger partial charge in [0.15, 0.2) is 11.5 Å². The number of carbonyl (C=O) groups excluding carboxylic acids is 3. The number of halogens is 1. The molecule has 1 aliphatic carbocycles. The van der Waals surface area contributed by atoms with Crippen LogP contribution in [0.15, 0.2) is 16.6 Å². The second-order valence-corrected chi connectivity index (χ2v) is 7.02. The maximum Gasteiger partial charge on any atom is 0.344 e. The Balaban J connectivity index is 1.80. The number of benzene rings is 1. The van der Waals surface area contributed by atoms with Crippen molar-refractivity contribution in [3.05, 3.63) is 22.2 Å². The van der Waals surface area contributed by atoms with E-state index in [2.05, 4.69) is 26.7 Å². The second-order valence-electron chi connectivity index (χ2n) is 6.16. The van der Waals surface area contributed by atoms with Crippen LogP contribution in [0.2, 0.25) is 0 Å². The maximum absolute atomic E-state index is 12.7. The Morgan fingerprint density at radius 2 is 2.00 bits per heavy atom. The van der Waals surface area contributed by atoms with Crippen molar-refractivity contribution in [3.8, 4) is 11.5 Å². The number of carbonyl (C=O) groups is 3. The Labute approximate surface area is 152 Å². The molecular formula is C16H18BrN3O5. The number of ether oxygens (including phenoxy) is 1. The average Bonchev–Trinajstić information content (AvgIpc) is 2.82. The summed E-state index contributed by atoms with van der Waals surface area (Å²) in [5.74, 6) is -1.14. The van der Waals surface area contributed by atoms with Gasteiger partial charge >= 0.3 is 6.03 Å². The molecule has 0 bridgehead atoms. The van der Waals surface area contributed by atoms with Crippen LogP contribution in [-0.4, -0.2) is 40.6 Å². The lowest BCUT2D eigenvalue weighted by Crippen LogP contribution is -2.50. The number of imide groups is 1. The quantitative estimate of drug-likeness (QED) is 0.659. The Kier molecular flexibility index (Phi) is 4.59. The molecule has 1 heterocycles. The summed E-state index contributed by atoms with van der Waals surface area (Å²) < 4.78 is 5.26. The fraction of sp³-hybridized carbons (Fsp3) is 0.438. The Morgan fingerprint density at radius 1 is 1.32 bits per heavy atom. The van der Waals surface area contributed by atoms with Gasteiger partial charge in [0.05, 0.1) is 11.6 Å². The van der Waals surface area contributed by atoms with E-state index in [1.165, 1.54) is 19.2 Å². The molecule has 1 aromatic rings. The minimum absolute atomic E-state index is 0.0977. The van der Waals surface area contributed by atoms with Crippen molar-refractivity contribution in [2.75, 3.05) is 7.11 Å². The van der Waals surface area contributed by atoms with Crippen LogP contribution in [0.3, 0.4) is 0 Å². The molecule has 25 heavy (non-hydrogen) atoms. The van der Waals surface area contributed by atoms with Crippen LogP contribution in [-0.2, 0) is 4.79 Å². The molecule has 8 nitrogen and oxygen atoms in total. The van der Waals surface area contributed by atoms with Crippen LogP contribution < -0.4 is 15.5 Å². The van der Waals surface area contributed by atoms with Gasteiger partial charge in [-0.2, -0.15) is 5.01 Å². The van der Waals surface area contributed by atoms with Crippen molar-refractivity contribution in [1.82, 2.24) is 15.8 Å². The number of phenolic OH excluding ortho intramolecular Hbond substituents is 1. The van der Waals surface area contributed by atoms with Gasteiger partial charge in [0.2, 0.25) is 0 Å². The molecule has 1 aromatic carbocycles. The van der Waals surface area contributed by atoms with Crippen molar-refractivity contribution < 1.29 is 24.2 Å². The van der Waals surface area contributed by atoms with E-state index in [4.69, 9.17) is 4.74 Å². The van der Waals surface area contributed by atoms with Crippen LogP contribution in [0, 0.1) is 0 Å². The number of aromatic hydroxyl groups is 1. The minimum atomic E-state index is -0.907. The SMILES string of the molecule is COc1cc(C(=O)NN2C(=O)NC3(CCCCC3)C2=O)cc(Br)c1O. The monoisotopic (exact) mass is 411 g/mol. The lowest BCUT2D eigenvalue weighted by atomic mass is 9.82. The van der Waals surface area contributed by atoms with Gasteiger partial charge in [-0.3, -0.25) is 15.0 Å². The smallest absolute Gasteiger partial charge is 0.344 e. The van der Waals surface area contributed by atoms with Gasteiger partial charge in [-0.1, -0.05) is 19.3 Å². The van der Waals surface area contributed by atoms with Gasteiger partial charge in [-0.25, -0.2) is 4.79 Å². The predicted molar refractivity (Wildman–Crippen MR) is 91.0 cm³/mol. The lowest BCUT2D eigenvalue weighted by molar-refractivity contribution is -0.134. The number of hydrazine groups is 1. The fourth-order valence-electron chi connectivity index (χ4n) is 3.24. The summed E-state index contributed by atoms with van der Waals surface area (Å²) >= 11 is 3.13. The van der Waals surface area contributed by atoms with E-state index in [-0.39, 0.29) is 21.5 Å². The fourth-order valence-corrected chi connectivity index (χ4v) is 3.68. The summed E-state index contributed by atoms with van der Waals surface area (Å²) in [6.45, 7) is 0. The normalized spacial score (nSPS) is 19.0. The summed E-state index contributed by atoms with van der Waals surface area (Å²) in [6.07, 6.45) is 3.88. The molecule has 134 valence electrons. The molecule has 1 saturated heterocycles. The zero-order chi connectivity index (χ0) is 18.2. The molecule has 1 saturated carbocycles. The summed E-state index contributed by atoms with van der Waals surface area (Å²) in [5, 5.41) is 13.3. The van der Waals surface area contributed by atoms with Gasteiger partial charge in [-0.05, 0) is 40.9 Å². The van der Waals surface area contributed by atoms with E-state index in [1.807, 2.05) is 0 Å². The zero-order valence-corrected chi connectivity index (χ0v) is 15.2. The zero-order valence-electron chi connectivity index (χ0n) is 13.6. The van der Waals surface area contributed by atoms with E-state index < -0.39 is 23.4 Å². The molecule has 2 aliphatic rings. The van der Waals surface area contributed by atoms with Crippen molar-refractivity contribution >= 4 is 33.8 Å². The molecule has 0 unspecified atom stereocenters. The molecular weight excluding hydrogens is 394 g/mol. The Morgan fingerprint density at radius 3 is 2.64 bits per heavy atom. The molecule has 3 N–H and O–H groups in total. The summed E-state index contributed by atoms with van der Waals surface area (Å²) in [5.41, 5.74) is 1.56. The van der Waals surface area contributed by atoms with Crippen LogP contribution in [0.1, 0.15) is 42.5 Å². The van der Waals surface area contributed by atoms with Gasteiger partial charge in [0, 0.05) is 5.56 Å². The number of amides is 4. The van der Waals surface area contributed by atoms with Crippen molar-refractivity contribution in [2.24, 2.45) is 0 Å². The molecule has 1 spiro atoms. The molecule has 4 amide bonds. The predicted octanol–water partition coefficient (Wildman–Crippen LogP) is 2.06. The van der Waals surface area contributed by atoms with Crippen molar-refractivity contribution in [2.45, 2.75) is 37.6 Å². The molecule has 2 fully saturated rings. The van der Waals surface area contributed by atoms with E-state index in [0.29, 0.717) is 12.8 Å². The molecule has 3 rings (SSSR count). The first-order chi connectivity index (χ1) is 11.9. The third kappa shape index (κ3) is 3.04. The highest BCUT2D eigenvalue weighted by Crippen LogP contribution is 2.36. The van der Waals surface area contributed by atoms with E-state index in [9.17, 15) is 19.5 Å². The minimum Gasteiger partial charge on any atom is -0.503 e. The largest absolute Gasteiger partial charge is 0.503 e. The number of phenols is 1. The lowest BCUT2D eigenvalue weighted by Gasteiger charge is -2.30. The van der Waals surface area contributed by atoms with E-state index in [1.54, 1.807) is 0 Å². The first-order valence-corrected chi connectivity index (χ1v) is 8.71. The van der Waals surface area contributed by atoms with Gasteiger partial charge in [-0.15, -0.1) is 0 Å². The van der Waals surface area contributed by atoms with Crippen LogP contribution in [0.5, 0.6) is 11.5 Å². The molecule has 1 aliphatic heterocycles. The van der Waals surface area contributed by atoms with Crippen LogP contribution in [0.4, 0.5) is 4.79 Å². The molecule has 9 heteroatoms. The van der Waals surface area contributed by atoms with Crippen LogP contribution in [0.25, 0.3) is 0 Å². The third-order valence-electron chi connectivity index (χ3n) is 4.59. The molecule has 0 radical (unpaired) electrons. The van der Waals surface area contributed by atoms with Crippen molar-refractivity contribution in [3.63, 3.8) is 0 Å². The number of rotatable bonds is 3. The average molecular weight is 412 g/mol. The van der Waals surface area contributed by atoms with E-state index in [0.717, 1.165) is 24.3 Å². The molecule has 0 aromatic heterocycles. The summed E-state index contributed by atoms with van der Waals surface area (Å²) in [4.78, 5) is 37.3. The first-order valence-electron chi connectivity index (χ1n) is 7.92. The number of urea groups is 1. The number of nitrogens with one attached hydrogen (secondary N) is 2. The number of hydrogen-bond acceptors (Lipinski definition) is 5. The third-order valence-corrected chi connectivity index (χ3v) is 5.20. The highest BCUT2D eigenvalue weighted by atomic mass is 79.9. The first kappa shape index (κ1) is 17.5. The maximum atomic E-state index is 12.7. The van der Waals surface area contributed by atoms with E-state index >= 15 is 0 Å². The highest BCUT2D eigenvalue weighted by Gasteiger charge is 2.52.